The van der Waals surface area contributed by atoms with Crippen molar-refractivity contribution in [1.29, 1.82) is 0 Å². The summed E-state index contributed by atoms with van der Waals surface area (Å²) in [5.74, 6) is -0.175. The molecule has 0 aromatic heterocycles. The lowest BCUT2D eigenvalue weighted by molar-refractivity contribution is -0.122. The highest BCUT2D eigenvalue weighted by Crippen LogP contribution is 2.60. The van der Waals surface area contributed by atoms with Crippen molar-refractivity contribution in [3.63, 3.8) is 0 Å². The third kappa shape index (κ3) is 14.0. The van der Waals surface area contributed by atoms with Crippen molar-refractivity contribution >= 4 is 67.2 Å². The molecule has 10 rings (SSSR count). The quantitative estimate of drug-likeness (QED) is 0.0417. The average molecular weight is 1290 g/mol. The molecule has 0 bridgehead atoms. The average Bonchev–Trinajstić information content (AvgIpc) is 1.58. The predicted molar refractivity (Wildman–Crippen MR) is 374 cm³/mol. The Hall–Kier alpha value is -4.26. The minimum absolute atomic E-state index is 0.0873. The van der Waals surface area contributed by atoms with E-state index in [0.29, 0.717) is 11.1 Å². The molecule has 2 aliphatic carbocycles. The second-order valence-corrected chi connectivity index (χ2v) is 29.1. The van der Waals surface area contributed by atoms with Crippen molar-refractivity contribution in [1.82, 2.24) is 9.80 Å². The van der Waals surface area contributed by atoms with Crippen molar-refractivity contribution < 1.29 is 9.59 Å². The Bertz CT molecular complexity index is 2860. The molecule has 0 atom stereocenters. The summed E-state index contributed by atoms with van der Waals surface area (Å²) >= 11 is 7.95. The SMILES string of the molecule is CCCCCCCCCCCC1(CCCCCCCCCCC)c2cc(Br)ccc2-c2cc3c(cc21)C1=C2C(=O)N4C=Cc5cc6c(cc5C4=C2C(=O)N1C=C3)C(CCCCCCCCCCC)(CCCCCCCCCCC)c1cc(Br)ccc1-6. The van der Waals surface area contributed by atoms with Gasteiger partial charge in [-0.25, -0.2) is 0 Å². The zero-order valence-electron chi connectivity index (χ0n) is 53.8. The lowest BCUT2D eigenvalue weighted by atomic mass is 9.70. The molecule has 6 aliphatic rings. The fraction of sp³-hybridized carbons (Fsp3) is 0.575. The van der Waals surface area contributed by atoms with Crippen LogP contribution in [-0.2, 0) is 20.4 Å². The van der Waals surface area contributed by atoms with Gasteiger partial charge < -0.3 is 0 Å². The molecule has 0 fully saturated rings. The van der Waals surface area contributed by atoms with Gasteiger partial charge in [-0.3, -0.25) is 19.4 Å². The van der Waals surface area contributed by atoms with Crippen molar-refractivity contribution in [2.75, 3.05) is 0 Å². The molecule has 2 amide bonds. The van der Waals surface area contributed by atoms with Crippen LogP contribution in [0, 0.1) is 0 Å². The summed E-state index contributed by atoms with van der Waals surface area (Å²) in [7, 11) is 0. The Morgan fingerprint density at radius 3 is 0.872 bits per heavy atom. The lowest BCUT2D eigenvalue weighted by Gasteiger charge is -2.34. The minimum Gasteiger partial charge on any atom is -0.282 e. The van der Waals surface area contributed by atoms with Gasteiger partial charge in [-0.05, 0) is 142 Å². The molecular weight excluding hydrogens is 1180 g/mol. The number of fused-ring (bicyclic) bond motifs is 13. The summed E-state index contributed by atoms with van der Waals surface area (Å²) in [4.78, 5) is 34.8. The molecule has 4 heterocycles. The summed E-state index contributed by atoms with van der Waals surface area (Å²) in [5.41, 5.74) is 17.6. The van der Waals surface area contributed by atoms with Crippen LogP contribution in [0.1, 0.15) is 329 Å². The number of amides is 2. The Balaban J connectivity index is 1.01. The van der Waals surface area contributed by atoms with E-state index in [9.17, 15) is 0 Å². The number of rotatable bonds is 40. The predicted octanol–water partition coefficient (Wildman–Crippen LogP) is 25.2. The number of carbonyl (C=O) groups excluding carboxylic acids is 2. The molecule has 0 spiro atoms. The molecular formula is C80H106Br2N2O2. The van der Waals surface area contributed by atoms with E-state index in [-0.39, 0.29) is 22.6 Å². The van der Waals surface area contributed by atoms with Crippen molar-refractivity contribution in [3.8, 4) is 22.3 Å². The van der Waals surface area contributed by atoms with Gasteiger partial charge in [-0.2, -0.15) is 0 Å². The van der Waals surface area contributed by atoms with E-state index in [1.807, 2.05) is 22.2 Å². The zero-order chi connectivity index (χ0) is 59.9. The van der Waals surface area contributed by atoms with E-state index in [0.717, 1.165) is 68.3 Å². The van der Waals surface area contributed by atoms with Crippen molar-refractivity contribution in [2.45, 2.75) is 295 Å². The van der Waals surface area contributed by atoms with Gasteiger partial charge in [0.05, 0.1) is 22.5 Å². The monoisotopic (exact) mass is 1280 g/mol. The van der Waals surface area contributed by atoms with Gasteiger partial charge in [-0.1, -0.05) is 303 Å². The molecule has 0 N–H and O–H groups in total. The summed E-state index contributed by atoms with van der Waals surface area (Å²) in [6, 6.07) is 23.9. The number of halogens is 2. The normalized spacial score (nSPS) is 16.0. The van der Waals surface area contributed by atoms with E-state index in [4.69, 9.17) is 0 Å². The molecule has 4 nitrogen and oxygen atoms in total. The maximum atomic E-state index is 15.6. The van der Waals surface area contributed by atoms with Crippen LogP contribution in [0.2, 0.25) is 0 Å². The highest BCUT2D eigenvalue weighted by atomic mass is 79.9. The summed E-state index contributed by atoms with van der Waals surface area (Å²) in [6.45, 7) is 9.23. The maximum Gasteiger partial charge on any atom is 0.265 e. The molecule has 0 unspecified atom stereocenters. The highest BCUT2D eigenvalue weighted by Gasteiger charge is 2.52. The molecule has 86 heavy (non-hydrogen) atoms. The van der Waals surface area contributed by atoms with Crippen LogP contribution in [0.15, 0.2) is 93.2 Å². The van der Waals surface area contributed by atoms with E-state index in [1.54, 1.807) is 0 Å². The third-order valence-electron chi connectivity index (χ3n) is 21.2. The first-order valence-corrected chi connectivity index (χ1v) is 37.3. The van der Waals surface area contributed by atoms with E-state index < -0.39 is 0 Å². The van der Waals surface area contributed by atoms with Gasteiger partial charge in [0.25, 0.3) is 11.8 Å². The van der Waals surface area contributed by atoms with Crippen LogP contribution in [-0.4, -0.2) is 21.6 Å². The highest BCUT2D eigenvalue weighted by molar-refractivity contribution is 9.10. The van der Waals surface area contributed by atoms with Crippen LogP contribution in [0.25, 0.3) is 45.8 Å². The van der Waals surface area contributed by atoms with Crippen molar-refractivity contribution in [3.05, 3.63) is 138 Å². The van der Waals surface area contributed by atoms with E-state index >= 15 is 9.59 Å². The summed E-state index contributed by atoms with van der Waals surface area (Å²) in [5, 5.41) is 0. The fourth-order valence-electron chi connectivity index (χ4n) is 16.5. The number of benzene rings is 4. The van der Waals surface area contributed by atoms with Crippen LogP contribution in [0.5, 0.6) is 0 Å². The van der Waals surface area contributed by atoms with Gasteiger partial charge in [0, 0.05) is 43.3 Å². The Kier molecular flexibility index (Phi) is 23.7. The van der Waals surface area contributed by atoms with Gasteiger partial charge in [0.15, 0.2) is 0 Å². The van der Waals surface area contributed by atoms with Crippen LogP contribution in [0.4, 0.5) is 0 Å². The Labute approximate surface area is 538 Å². The van der Waals surface area contributed by atoms with Crippen molar-refractivity contribution in [2.24, 2.45) is 0 Å². The smallest absolute Gasteiger partial charge is 0.265 e. The molecule has 4 aromatic rings. The number of hydrogen-bond acceptors (Lipinski definition) is 2. The standard InChI is InChI=1S/C80H106Br2N2O2/c1-5-9-13-17-21-25-29-33-37-47-79(48-38-34-30-26-22-18-14-10-6-2)69-55-61(81)41-43-63(69)67-53-59-45-51-83-75(65(59)57-71(67)79)73-74(78(83)86)76-66-58-72-68(54-60(66)46-52-84(76)77(73)85)64-44-42-62(82)56-70(64)80(72,49-39-35-31-27-23-19-15-11-7-3)50-40-36-32-28-24-20-16-12-8-4/h41-46,51-58H,5-40,47-50H2,1-4H3. The first-order chi connectivity index (χ1) is 42.2. The van der Waals surface area contributed by atoms with E-state index in [2.05, 4.69) is 132 Å². The Morgan fingerprint density at radius 1 is 0.314 bits per heavy atom. The van der Waals surface area contributed by atoms with Crippen LogP contribution in [0.3, 0.4) is 0 Å². The van der Waals surface area contributed by atoms with Crippen LogP contribution >= 0.6 is 31.9 Å². The zero-order valence-corrected chi connectivity index (χ0v) is 57.0. The van der Waals surface area contributed by atoms with Gasteiger partial charge in [-0.15, -0.1) is 0 Å². The molecule has 462 valence electrons. The fourth-order valence-corrected chi connectivity index (χ4v) is 17.2. The lowest BCUT2D eigenvalue weighted by Crippen LogP contribution is -2.28. The van der Waals surface area contributed by atoms with Gasteiger partial charge in [0.2, 0.25) is 0 Å². The minimum atomic E-state index is -0.158. The topological polar surface area (TPSA) is 40.6 Å². The summed E-state index contributed by atoms with van der Waals surface area (Å²) in [6.07, 6.45) is 59.7. The molecule has 0 radical (unpaired) electrons. The second-order valence-electron chi connectivity index (χ2n) is 27.3. The third-order valence-corrected chi connectivity index (χ3v) is 22.2. The van der Waals surface area contributed by atoms with Gasteiger partial charge in [0.1, 0.15) is 0 Å². The molecule has 4 aromatic carbocycles. The first kappa shape index (κ1) is 64.7. The summed E-state index contributed by atoms with van der Waals surface area (Å²) < 4.78 is 2.28. The number of hydrogen-bond donors (Lipinski definition) is 0. The molecule has 6 heteroatoms. The van der Waals surface area contributed by atoms with E-state index in [1.165, 1.54) is 276 Å². The van der Waals surface area contributed by atoms with Crippen LogP contribution < -0.4 is 0 Å². The molecule has 4 aliphatic heterocycles. The second kappa shape index (κ2) is 31.5. The number of carbonyl (C=O) groups is 2. The maximum absolute atomic E-state index is 15.6. The molecule has 0 saturated carbocycles. The number of nitrogens with zero attached hydrogens (tertiary/aromatic N) is 2. The Morgan fingerprint density at radius 2 is 0.581 bits per heavy atom. The first-order valence-electron chi connectivity index (χ1n) is 35.7. The van der Waals surface area contributed by atoms with Gasteiger partial charge >= 0.3 is 0 Å². The largest absolute Gasteiger partial charge is 0.282 e. The number of unbranched alkanes of at least 4 members (excludes halogenated alkanes) is 32. The molecule has 0 saturated heterocycles.